The molecule has 2 aromatic rings. The van der Waals surface area contributed by atoms with Gasteiger partial charge in [-0.1, -0.05) is 94.8 Å². The van der Waals surface area contributed by atoms with Crippen molar-refractivity contribution in [3.63, 3.8) is 0 Å². The van der Waals surface area contributed by atoms with Crippen molar-refractivity contribution in [2.24, 2.45) is 0 Å². The van der Waals surface area contributed by atoms with Crippen molar-refractivity contribution in [1.29, 1.82) is 0 Å². The summed E-state index contributed by atoms with van der Waals surface area (Å²) in [6, 6.07) is 18.6. The van der Waals surface area contributed by atoms with Crippen LogP contribution in [0.1, 0.15) is 82.8 Å². The van der Waals surface area contributed by atoms with E-state index in [4.69, 9.17) is 9.47 Å². The van der Waals surface area contributed by atoms with Gasteiger partial charge in [-0.15, -0.1) is 0 Å². The van der Waals surface area contributed by atoms with Gasteiger partial charge in [-0.2, -0.15) is 0 Å². The number of ether oxygens (including phenoxy) is 2. The van der Waals surface area contributed by atoms with Gasteiger partial charge in [0.15, 0.2) is 0 Å². The van der Waals surface area contributed by atoms with Crippen molar-refractivity contribution in [2.75, 3.05) is 20.6 Å². The third kappa shape index (κ3) is 11.7. The molecule has 0 N–H and O–H groups in total. The van der Waals surface area contributed by atoms with Crippen LogP contribution in [0.3, 0.4) is 0 Å². The third-order valence-electron chi connectivity index (χ3n) is 6.23. The van der Waals surface area contributed by atoms with Crippen molar-refractivity contribution in [3.05, 3.63) is 65.7 Å². The highest BCUT2D eigenvalue weighted by atomic mass is 16.7. The van der Waals surface area contributed by atoms with Gasteiger partial charge in [0.2, 0.25) is 6.29 Å². The molecule has 2 aromatic carbocycles. The maximum absolute atomic E-state index is 12.5. The van der Waals surface area contributed by atoms with Crippen molar-refractivity contribution in [1.82, 2.24) is 0 Å². The highest BCUT2D eigenvalue weighted by molar-refractivity contribution is 5.69. The van der Waals surface area contributed by atoms with E-state index in [1.165, 1.54) is 56.1 Å². The zero-order valence-electron chi connectivity index (χ0n) is 21.9. The minimum atomic E-state index is -0.550. The number of carbonyl (C=O) groups is 1. The molecule has 0 radical (unpaired) electrons. The first-order valence-electron chi connectivity index (χ1n) is 13.2. The van der Waals surface area contributed by atoms with E-state index in [0.717, 1.165) is 29.7 Å². The van der Waals surface area contributed by atoms with Crippen LogP contribution in [0.15, 0.2) is 54.6 Å². The van der Waals surface area contributed by atoms with Gasteiger partial charge in [-0.25, -0.2) is 0 Å². The van der Waals surface area contributed by atoms with Crippen molar-refractivity contribution in [2.45, 2.75) is 90.9 Å². The van der Waals surface area contributed by atoms with Gasteiger partial charge in [0.25, 0.3) is 0 Å². The number of benzene rings is 2. The highest BCUT2D eigenvalue weighted by Crippen LogP contribution is 2.18. The number of hydrogen-bond donors (Lipinski definition) is 0. The summed E-state index contributed by atoms with van der Waals surface area (Å²) in [7, 11) is 4.28. The maximum Gasteiger partial charge on any atom is 0.314 e. The van der Waals surface area contributed by atoms with E-state index in [-0.39, 0.29) is 5.97 Å². The van der Waals surface area contributed by atoms with Crippen LogP contribution in [-0.4, -0.2) is 37.4 Å². The SMILES string of the molecule is CCCCCCCCCc1ccc(OC(CC)OC(=O)CC[N+](C)(C)Cc2ccccc2)cc1. The molecule has 0 aliphatic carbocycles. The monoisotopic (exact) mass is 468 g/mol. The predicted octanol–water partition coefficient (Wildman–Crippen LogP) is 7.30. The van der Waals surface area contributed by atoms with Gasteiger partial charge in [0.05, 0.1) is 27.1 Å². The number of nitrogens with zero attached hydrogens (tertiary/aromatic N) is 1. The first-order chi connectivity index (χ1) is 16.4. The largest absolute Gasteiger partial charge is 0.455 e. The molecule has 1 atom stereocenters. The molecule has 0 saturated heterocycles. The Morgan fingerprint density at radius 3 is 2.12 bits per heavy atom. The van der Waals surface area contributed by atoms with Gasteiger partial charge < -0.3 is 14.0 Å². The Morgan fingerprint density at radius 2 is 1.47 bits per heavy atom. The first-order valence-corrected chi connectivity index (χ1v) is 13.2. The van der Waals surface area contributed by atoms with E-state index in [1.807, 2.05) is 25.1 Å². The summed E-state index contributed by atoms with van der Waals surface area (Å²) < 4.78 is 12.3. The third-order valence-corrected chi connectivity index (χ3v) is 6.23. The molecule has 188 valence electrons. The van der Waals surface area contributed by atoms with Crippen molar-refractivity contribution >= 4 is 5.97 Å². The van der Waals surface area contributed by atoms with Crippen molar-refractivity contribution in [3.8, 4) is 5.75 Å². The second kappa shape index (κ2) is 15.5. The molecule has 1 unspecified atom stereocenters. The van der Waals surface area contributed by atoms with Crippen molar-refractivity contribution < 1.29 is 18.8 Å². The molecule has 0 aliphatic heterocycles. The molecule has 34 heavy (non-hydrogen) atoms. The Bertz CT molecular complexity index is 802. The Balaban J connectivity index is 1.70. The van der Waals surface area contributed by atoms with Crippen LogP contribution in [0, 0.1) is 0 Å². The van der Waals surface area contributed by atoms with Gasteiger partial charge in [-0.05, 0) is 30.5 Å². The average Bonchev–Trinajstić information content (AvgIpc) is 2.83. The number of aryl methyl sites for hydroxylation is 1. The average molecular weight is 469 g/mol. The van der Waals surface area contributed by atoms with Crippen LogP contribution >= 0.6 is 0 Å². The number of unbranched alkanes of at least 4 members (excludes halogenated alkanes) is 6. The quantitative estimate of drug-likeness (QED) is 0.106. The van der Waals surface area contributed by atoms with Crippen LogP contribution in [0.2, 0.25) is 0 Å². The Kier molecular flexibility index (Phi) is 12.8. The molecule has 0 bridgehead atoms. The molecular weight excluding hydrogens is 422 g/mol. The molecule has 0 amide bonds. The minimum absolute atomic E-state index is 0.207. The molecule has 0 fully saturated rings. The summed E-state index contributed by atoms with van der Waals surface area (Å²) in [6.45, 7) is 5.83. The van der Waals surface area contributed by atoms with Gasteiger partial charge in [-0.3, -0.25) is 4.79 Å². The van der Waals surface area contributed by atoms with E-state index >= 15 is 0 Å². The number of rotatable bonds is 17. The molecular formula is C30H46NO3+. The van der Waals surface area contributed by atoms with Crippen LogP contribution < -0.4 is 4.74 Å². The first kappa shape index (κ1) is 27.9. The van der Waals surface area contributed by atoms with Crippen LogP contribution in [0.5, 0.6) is 5.75 Å². The van der Waals surface area contributed by atoms with Crippen LogP contribution in [0.25, 0.3) is 0 Å². The molecule has 4 nitrogen and oxygen atoms in total. The lowest BCUT2D eigenvalue weighted by atomic mass is 10.0. The normalized spacial score (nSPS) is 12.4. The number of hydrogen-bond acceptors (Lipinski definition) is 3. The smallest absolute Gasteiger partial charge is 0.314 e. The lowest BCUT2D eigenvalue weighted by Gasteiger charge is -2.29. The molecule has 0 saturated carbocycles. The van der Waals surface area contributed by atoms with Crippen LogP contribution in [0.4, 0.5) is 0 Å². The lowest BCUT2D eigenvalue weighted by Crippen LogP contribution is -2.41. The summed E-state index contributed by atoms with van der Waals surface area (Å²) >= 11 is 0. The fourth-order valence-electron chi connectivity index (χ4n) is 4.12. The van der Waals surface area contributed by atoms with Gasteiger partial charge in [0, 0.05) is 12.0 Å². The van der Waals surface area contributed by atoms with E-state index in [1.54, 1.807) is 0 Å². The zero-order valence-corrected chi connectivity index (χ0v) is 21.9. The summed E-state index contributed by atoms with van der Waals surface area (Å²) in [4.78, 5) is 12.5. The molecule has 2 rings (SSSR count). The fraction of sp³-hybridized carbons (Fsp3) is 0.567. The number of esters is 1. The second-order valence-corrected chi connectivity index (χ2v) is 10.0. The van der Waals surface area contributed by atoms with E-state index in [2.05, 4.69) is 57.4 Å². The molecule has 0 spiro atoms. The van der Waals surface area contributed by atoms with E-state index < -0.39 is 6.29 Å². The van der Waals surface area contributed by atoms with E-state index in [9.17, 15) is 4.79 Å². The predicted molar refractivity (Wildman–Crippen MR) is 141 cm³/mol. The summed E-state index contributed by atoms with van der Waals surface area (Å²) in [5.41, 5.74) is 2.61. The molecule has 4 heteroatoms. The summed E-state index contributed by atoms with van der Waals surface area (Å²) in [6.07, 6.45) is 10.8. The lowest BCUT2D eigenvalue weighted by molar-refractivity contribution is -0.903. The maximum atomic E-state index is 12.5. The fourth-order valence-corrected chi connectivity index (χ4v) is 4.12. The highest BCUT2D eigenvalue weighted by Gasteiger charge is 2.21. The Labute approximate surface area is 207 Å². The van der Waals surface area contributed by atoms with Gasteiger partial charge in [0.1, 0.15) is 12.3 Å². The Hall–Kier alpha value is -2.33. The summed E-state index contributed by atoms with van der Waals surface area (Å²) in [5, 5.41) is 0. The molecule has 0 aromatic heterocycles. The van der Waals surface area contributed by atoms with Crippen LogP contribution in [-0.2, 0) is 22.5 Å². The molecule has 0 aliphatic rings. The second-order valence-electron chi connectivity index (χ2n) is 10.0. The molecule has 0 heterocycles. The number of quaternary nitrogens is 1. The minimum Gasteiger partial charge on any atom is -0.455 e. The van der Waals surface area contributed by atoms with E-state index in [0.29, 0.717) is 12.8 Å². The zero-order chi connectivity index (χ0) is 24.7. The summed E-state index contributed by atoms with van der Waals surface area (Å²) in [5.74, 6) is 0.546. The van der Waals surface area contributed by atoms with Gasteiger partial charge >= 0.3 is 5.97 Å². The Morgan fingerprint density at radius 1 is 0.824 bits per heavy atom. The topological polar surface area (TPSA) is 35.5 Å². The standard InChI is InChI=1S/C30H46NO3/c1-5-7-8-9-10-11-13-16-26-19-21-28(22-20-26)33-30(6-2)34-29(32)23-24-31(3,4)25-27-17-14-12-15-18-27/h12,14-15,17-22,30H,5-11,13,16,23-25H2,1-4H3/q+1. The number of carbonyl (C=O) groups excluding carboxylic acids is 1.